The van der Waals surface area contributed by atoms with Gasteiger partial charge in [-0.2, -0.15) is 4.98 Å². The number of amides is 1. The van der Waals surface area contributed by atoms with E-state index in [1.54, 1.807) is 6.20 Å². The maximum atomic E-state index is 11.7. The summed E-state index contributed by atoms with van der Waals surface area (Å²) in [5, 5.41) is 7.82. The second kappa shape index (κ2) is 10.2. The molecule has 0 unspecified atom stereocenters. The van der Waals surface area contributed by atoms with Crippen molar-refractivity contribution >= 4 is 57.9 Å². The van der Waals surface area contributed by atoms with Crippen molar-refractivity contribution in [2.24, 2.45) is 11.7 Å². The molecule has 1 saturated heterocycles. The normalized spacial score (nSPS) is 21.2. The topological polar surface area (TPSA) is 120 Å². The highest BCUT2D eigenvalue weighted by Gasteiger charge is 2.29. The molecule has 1 amide bonds. The van der Waals surface area contributed by atoms with Gasteiger partial charge in [-0.05, 0) is 63.1 Å². The smallest absolute Gasteiger partial charge is 0.224 e. The van der Waals surface area contributed by atoms with Gasteiger partial charge < -0.3 is 21.1 Å². The molecule has 1 saturated carbocycles. The zero-order valence-corrected chi connectivity index (χ0v) is 21.1. The van der Waals surface area contributed by atoms with E-state index in [1.165, 1.54) is 0 Å². The minimum absolute atomic E-state index is 0.0897. The molecule has 3 aromatic rings. The Morgan fingerprint density at radius 2 is 1.77 bits per heavy atom. The van der Waals surface area contributed by atoms with Crippen LogP contribution in [0.25, 0.3) is 11.2 Å². The number of imidazole rings is 1. The van der Waals surface area contributed by atoms with Crippen LogP contribution in [0.15, 0.2) is 18.3 Å². The lowest BCUT2D eigenvalue weighted by atomic mass is 9.85. The van der Waals surface area contributed by atoms with Crippen LogP contribution in [-0.4, -0.2) is 44.7 Å². The van der Waals surface area contributed by atoms with E-state index in [1.807, 2.05) is 19.1 Å². The van der Waals surface area contributed by atoms with Gasteiger partial charge in [-0.3, -0.25) is 9.36 Å². The molecule has 0 radical (unpaired) electrons. The summed E-state index contributed by atoms with van der Waals surface area (Å²) in [5.41, 5.74) is 8.52. The van der Waals surface area contributed by atoms with Crippen LogP contribution >= 0.6 is 23.2 Å². The fraction of sp³-hybridized carbons (Fsp3) is 0.500. The predicted molar refractivity (Wildman–Crippen MR) is 137 cm³/mol. The van der Waals surface area contributed by atoms with Crippen LogP contribution in [0.2, 0.25) is 10.0 Å². The number of fused-ring (bicyclic) bond motifs is 1. The number of hydrogen-bond acceptors (Lipinski definition) is 7. The highest BCUT2D eigenvalue weighted by Crippen LogP contribution is 2.39. The predicted octanol–water partition coefficient (Wildman–Crippen LogP) is 4.99. The number of carbonyl (C=O) groups excluding carboxylic acids is 1. The van der Waals surface area contributed by atoms with Gasteiger partial charge in [-0.25, -0.2) is 9.97 Å². The van der Waals surface area contributed by atoms with Crippen LogP contribution in [0.3, 0.4) is 0 Å². The molecule has 1 aromatic carbocycles. The van der Waals surface area contributed by atoms with Crippen molar-refractivity contribution in [3.8, 4) is 0 Å². The fourth-order valence-electron chi connectivity index (χ4n) is 4.97. The Bertz CT molecular complexity index is 1210. The molecule has 186 valence electrons. The van der Waals surface area contributed by atoms with Crippen molar-refractivity contribution in [3.63, 3.8) is 0 Å². The molecule has 0 bridgehead atoms. The monoisotopic (exact) mass is 517 g/mol. The molecule has 0 spiro atoms. The average Bonchev–Trinajstić information content (AvgIpc) is 3.19. The molecule has 2 fully saturated rings. The van der Waals surface area contributed by atoms with Crippen molar-refractivity contribution in [1.82, 2.24) is 19.5 Å². The van der Waals surface area contributed by atoms with Gasteiger partial charge in [0.15, 0.2) is 5.65 Å². The standard InChI is InChI=1S/C24H29Cl2N7O2/c1-13-10-17(25)20(18(26)11-13)31-24-30-19-12-28-23(29-15-6-8-35-9-7-15)32-22(19)33(24)16-4-2-14(3-5-16)21(27)34/h10-12,14-16H,2-9H2,1H3,(H2,27,34)(H,30,31)(H,28,29,32). The molecule has 2 aliphatic rings. The third-order valence-corrected chi connectivity index (χ3v) is 7.47. The van der Waals surface area contributed by atoms with Gasteiger partial charge in [0.2, 0.25) is 17.8 Å². The Kier molecular flexibility index (Phi) is 7.00. The van der Waals surface area contributed by atoms with Crippen molar-refractivity contribution in [3.05, 3.63) is 33.9 Å². The second-order valence-electron chi connectivity index (χ2n) is 9.38. The minimum atomic E-state index is -0.235. The number of halogens is 2. The Morgan fingerprint density at radius 1 is 1.09 bits per heavy atom. The van der Waals surface area contributed by atoms with E-state index in [9.17, 15) is 4.79 Å². The molecule has 9 nitrogen and oxygen atoms in total. The highest BCUT2D eigenvalue weighted by atomic mass is 35.5. The lowest BCUT2D eigenvalue weighted by Crippen LogP contribution is -2.29. The zero-order valence-electron chi connectivity index (χ0n) is 19.6. The van der Waals surface area contributed by atoms with E-state index >= 15 is 0 Å². The van der Waals surface area contributed by atoms with Gasteiger partial charge in [0.1, 0.15) is 5.52 Å². The van der Waals surface area contributed by atoms with Gasteiger partial charge in [0, 0.05) is 31.2 Å². The average molecular weight is 518 g/mol. The summed E-state index contributed by atoms with van der Waals surface area (Å²) in [5.74, 6) is 0.821. The molecule has 1 aliphatic heterocycles. The number of nitrogens with one attached hydrogen (secondary N) is 2. The van der Waals surface area contributed by atoms with Crippen molar-refractivity contribution in [2.75, 3.05) is 23.8 Å². The largest absolute Gasteiger partial charge is 0.381 e. The Balaban J connectivity index is 1.52. The van der Waals surface area contributed by atoms with E-state index in [0.717, 1.165) is 62.9 Å². The third-order valence-electron chi connectivity index (χ3n) is 6.87. The van der Waals surface area contributed by atoms with Gasteiger partial charge in [0.05, 0.1) is 21.9 Å². The van der Waals surface area contributed by atoms with Crippen LogP contribution in [0, 0.1) is 12.8 Å². The number of anilines is 3. The first-order chi connectivity index (χ1) is 16.9. The number of primary amides is 1. The van der Waals surface area contributed by atoms with E-state index in [4.69, 9.17) is 43.6 Å². The molecule has 5 rings (SSSR count). The lowest BCUT2D eigenvalue weighted by molar-refractivity contribution is -0.122. The van der Waals surface area contributed by atoms with Crippen LogP contribution < -0.4 is 16.4 Å². The van der Waals surface area contributed by atoms with Crippen LogP contribution in [0.4, 0.5) is 17.6 Å². The van der Waals surface area contributed by atoms with E-state index in [0.29, 0.717) is 33.1 Å². The van der Waals surface area contributed by atoms with Crippen LogP contribution in [0.1, 0.15) is 50.1 Å². The Hall–Kier alpha value is -2.62. The number of aryl methyl sites for hydroxylation is 1. The molecule has 35 heavy (non-hydrogen) atoms. The molecule has 4 N–H and O–H groups in total. The SMILES string of the molecule is Cc1cc(Cl)c(Nc2nc3cnc(NC4CCOCC4)nc3n2C2CCC(C(N)=O)CC2)c(Cl)c1. The van der Waals surface area contributed by atoms with Crippen molar-refractivity contribution < 1.29 is 9.53 Å². The minimum Gasteiger partial charge on any atom is -0.381 e. The zero-order chi connectivity index (χ0) is 24.5. The summed E-state index contributed by atoms with van der Waals surface area (Å²) < 4.78 is 7.55. The van der Waals surface area contributed by atoms with Crippen LogP contribution in [-0.2, 0) is 9.53 Å². The van der Waals surface area contributed by atoms with E-state index in [2.05, 4.69) is 20.2 Å². The Labute approximate surface area is 213 Å². The molecular weight excluding hydrogens is 489 g/mol. The summed E-state index contributed by atoms with van der Waals surface area (Å²) in [7, 11) is 0. The molecule has 1 aliphatic carbocycles. The summed E-state index contributed by atoms with van der Waals surface area (Å²) in [6.45, 7) is 3.40. The first kappa shape index (κ1) is 24.1. The molecule has 2 aromatic heterocycles. The number of nitrogens with two attached hydrogens (primary N) is 1. The molecule has 3 heterocycles. The first-order valence-electron chi connectivity index (χ1n) is 12.0. The molecular formula is C24H29Cl2N7O2. The fourth-order valence-corrected chi connectivity index (χ4v) is 5.66. The number of benzene rings is 1. The second-order valence-corrected chi connectivity index (χ2v) is 10.2. The molecule has 11 heteroatoms. The number of rotatable bonds is 6. The number of ether oxygens (including phenoxy) is 1. The lowest BCUT2D eigenvalue weighted by Gasteiger charge is -2.29. The first-order valence-corrected chi connectivity index (χ1v) is 12.8. The maximum Gasteiger partial charge on any atom is 0.224 e. The van der Waals surface area contributed by atoms with Crippen molar-refractivity contribution in [1.29, 1.82) is 0 Å². The summed E-state index contributed by atoms with van der Waals surface area (Å²) in [6, 6.07) is 4.07. The van der Waals surface area contributed by atoms with Gasteiger partial charge in [-0.1, -0.05) is 23.2 Å². The van der Waals surface area contributed by atoms with Crippen LogP contribution in [0.5, 0.6) is 0 Å². The Morgan fingerprint density at radius 3 is 2.43 bits per heavy atom. The third kappa shape index (κ3) is 5.17. The highest BCUT2D eigenvalue weighted by molar-refractivity contribution is 6.39. The number of aromatic nitrogens is 4. The number of hydrogen-bond donors (Lipinski definition) is 3. The number of nitrogens with zero attached hydrogens (tertiary/aromatic N) is 4. The summed E-state index contributed by atoms with van der Waals surface area (Å²) in [4.78, 5) is 25.9. The summed E-state index contributed by atoms with van der Waals surface area (Å²) >= 11 is 13.1. The quantitative estimate of drug-likeness (QED) is 0.420. The summed E-state index contributed by atoms with van der Waals surface area (Å²) in [6.07, 6.45) is 6.58. The number of carbonyl (C=O) groups is 1. The van der Waals surface area contributed by atoms with E-state index < -0.39 is 0 Å². The van der Waals surface area contributed by atoms with Gasteiger partial charge in [0.25, 0.3) is 0 Å². The van der Waals surface area contributed by atoms with Gasteiger partial charge >= 0.3 is 0 Å². The van der Waals surface area contributed by atoms with Gasteiger partial charge in [-0.15, -0.1) is 0 Å². The van der Waals surface area contributed by atoms with E-state index in [-0.39, 0.29) is 23.9 Å². The molecule has 0 atom stereocenters. The van der Waals surface area contributed by atoms with Crippen molar-refractivity contribution in [2.45, 2.75) is 57.5 Å². The maximum absolute atomic E-state index is 11.7.